The zero-order valence-corrected chi connectivity index (χ0v) is 34.8. The van der Waals surface area contributed by atoms with Crippen LogP contribution in [0.2, 0.25) is 18.1 Å². The Hall–Kier alpha value is -4.25. The first kappa shape index (κ1) is 42.5. The molecule has 13 heteroatoms. The molecule has 0 spiro atoms. The number of amides is 2. The van der Waals surface area contributed by atoms with E-state index in [1.165, 1.54) is 0 Å². The molecule has 2 aromatic carbocycles. The van der Waals surface area contributed by atoms with E-state index in [2.05, 4.69) is 44.2 Å². The minimum absolute atomic E-state index is 0.0767. The number of carbonyl (C=O) groups excluding carboxylic acids is 2. The van der Waals surface area contributed by atoms with Crippen LogP contribution in [0.1, 0.15) is 102 Å². The Morgan fingerprint density at radius 1 is 0.963 bits per heavy atom. The lowest BCUT2D eigenvalue weighted by molar-refractivity contribution is 0.0241. The van der Waals surface area contributed by atoms with Crippen molar-refractivity contribution < 1.29 is 31.9 Å². The van der Waals surface area contributed by atoms with Crippen LogP contribution in [0.4, 0.5) is 4.79 Å². The van der Waals surface area contributed by atoms with Gasteiger partial charge >= 0.3 is 6.09 Å². The quantitative estimate of drug-likeness (QED) is 0.153. The van der Waals surface area contributed by atoms with Gasteiger partial charge in [-0.05, 0) is 118 Å². The molecule has 0 radical (unpaired) electrons. The van der Waals surface area contributed by atoms with Gasteiger partial charge in [-0.1, -0.05) is 63.6 Å². The molecule has 0 saturated heterocycles. The van der Waals surface area contributed by atoms with Crippen molar-refractivity contribution in [2.24, 2.45) is 0 Å². The van der Waals surface area contributed by atoms with E-state index in [-0.39, 0.29) is 29.0 Å². The molecule has 4 rings (SSSR count). The number of aryl methyl sites for hydroxylation is 1. The maximum atomic E-state index is 13.2. The first-order chi connectivity index (χ1) is 25.2. The van der Waals surface area contributed by atoms with Crippen LogP contribution in [0.25, 0.3) is 11.1 Å². The second-order valence-electron chi connectivity index (χ2n) is 16.6. The zero-order valence-electron chi connectivity index (χ0n) is 33.0. The summed E-state index contributed by atoms with van der Waals surface area (Å²) in [4.78, 5) is 30.6. The van der Waals surface area contributed by atoms with Gasteiger partial charge in [-0.3, -0.25) is 9.78 Å². The summed E-state index contributed by atoms with van der Waals surface area (Å²) in [7, 11) is -6.59. The number of benzene rings is 2. The lowest BCUT2D eigenvalue weighted by Crippen LogP contribution is -2.53. The molecular weight excluding hydrogens is 721 g/mol. The standard InChI is InChI=1S/C41H56N4O7SSi/c1-39(2,3)51-38(47)44-29-41(52-54(7,8)40(4,5)6,23-22-30-13-12-25-43-28-30)33-19-16-31(17-20-33)32-18-21-35(37(46)45-53(48,49)26-24-42)36(27-32)50-34-14-10-9-11-15-34/h12-13,16-21,25,27-28,34H,9-11,14-15,22-23,26,29H2,1-8H3,(H,44,47)(H,45,46)/t41-/m0/s1. The Morgan fingerprint density at radius 2 is 1.63 bits per heavy atom. The van der Waals surface area contributed by atoms with Crippen LogP contribution in [-0.2, 0) is 31.2 Å². The predicted octanol–water partition coefficient (Wildman–Crippen LogP) is 8.42. The van der Waals surface area contributed by atoms with E-state index in [4.69, 9.17) is 19.2 Å². The summed E-state index contributed by atoms with van der Waals surface area (Å²) in [5.74, 6) is -1.41. The van der Waals surface area contributed by atoms with Crippen LogP contribution >= 0.6 is 0 Å². The summed E-state index contributed by atoms with van der Waals surface area (Å²) >= 11 is 0. The van der Waals surface area contributed by atoms with Crippen molar-refractivity contribution in [3.8, 4) is 22.9 Å². The summed E-state index contributed by atoms with van der Waals surface area (Å²) < 4.78 is 45.9. The Kier molecular flexibility index (Phi) is 13.7. The SMILES string of the molecule is CC(C)(C)OC(=O)NC[C@](CCc1cccnc1)(O[Si](C)(C)C(C)(C)C)c1ccc(-c2ccc(C(=O)NS(=O)(=O)CC#N)c(OC3CCCCC3)c2)cc1. The third-order valence-electron chi connectivity index (χ3n) is 10.0. The van der Waals surface area contributed by atoms with Crippen molar-refractivity contribution in [3.05, 3.63) is 83.7 Å². The number of hydrogen-bond acceptors (Lipinski definition) is 9. The van der Waals surface area contributed by atoms with E-state index in [0.29, 0.717) is 12.8 Å². The molecular formula is C41H56N4O7SSi. The number of rotatable bonds is 14. The second kappa shape index (κ2) is 17.5. The average molecular weight is 777 g/mol. The molecule has 1 atom stereocenters. The highest BCUT2D eigenvalue weighted by Crippen LogP contribution is 2.44. The highest BCUT2D eigenvalue weighted by molar-refractivity contribution is 7.90. The number of carbonyl (C=O) groups is 2. The Morgan fingerprint density at radius 3 is 2.22 bits per heavy atom. The van der Waals surface area contributed by atoms with Gasteiger partial charge in [0.1, 0.15) is 11.4 Å². The van der Waals surface area contributed by atoms with Gasteiger partial charge in [-0.2, -0.15) is 5.26 Å². The molecule has 2 N–H and O–H groups in total. The van der Waals surface area contributed by atoms with Crippen LogP contribution in [0.15, 0.2) is 67.0 Å². The van der Waals surface area contributed by atoms with Crippen molar-refractivity contribution in [2.45, 2.75) is 122 Å². The summed E-state index contributed by atoms with van der Waals surface area (Å²) in [6, 6.07) is 18.6. The van der Waals surface area contributed by atoms with Crippen LogP contribution in [0.5, 0.6) is 5.75 Å². The van der Waals surface area contributed by atoms with Gasteiger partial charge in [-0.25, -0.2) is 17.9 Å². The minimum Gasteiger partial charge on any atom is -0.490 e. The van der Waals surface area contributed by atoms with Gasteiger partial charge in [-0.15, -0.1) is 0 Å². The number of hydrogen-bond donors (Lipinski definition) is 2. The smallest absolute Gasteiger partial charge is 0.407 e. The molecule has 0 aliphatic heterocycles. The largest absolute Gasteiger partial charge is 0.490 e. The maximum absolute atomic E-state index is 13.2. The number of aromatic nitrogens is 1. The van der Waals surface area contributed by atoms with Gasteiger partial charge in [0.05, 0.1) is 29.9 Å². The summed E-state index contributed by atoms with van der Waals surface area (Å²) in [5, 5.41) is 11.8. The number of ether oxygens (including phenoxy) is 2. The third-order valence-corrected chi connectivity index (χ3v) is 15.6. The molecule has 1 aliphatic rings. The Balaban J connectivity index is 1.77. The van der Waals surface area contributed by atoms with Crippen molar-refractivity contribution in [1.82, 2.24) is 15.0 Å². The Labute approximate surface area is 322 Å². The third kappa shape index (κ3) is 11.9. The first-order valence-corrected chi connectivity index (χ1v) is 23.2. The molecule has 1 aromatic heterocycles. The van der Waals surface area contributed by atoms with Crippen LogP contribution in [0, 0.1) is 11.3 Å². The fraction of sp³-hybridized carbons (Fsp3) is 0.512. The lowest BCUT2D eigenvalue weighted by Gasteiger charge is -2.46. The fourth-order valence-electron chi connectivity index (χ4n) is 6.18. The molecule has 0 unspecified atom stereocenters. The summed E-state index contributed by atoms with van der Waals surface area (Å²) in [6.07, 6.45) is 8.94. The topological polar surface area (TPSA) is 157 Å². The molecule has 2 amide bonds. The normalized spacial score (nSPS) is 15.4. The minimum atomic E-state index is -4.14. The van der Waals surface area contributed by atoms with Crippen molar-refractivity contribution in [2.75, 3.05) is 12.3 Å². The molecule has 3 aromatic rings. The Bertz CT molecular complexity index is 1890. The molecule has 11 nitrogen and oxygen atoms in total. The molecule has 54 heavy (non-hydrogen) atoms. The molecule has 1 aliphatic carbocycles. The fourth-order valence-corrected chi connectivity index (χ4v) is 8.39. The van der Waals surface area contributed by atoms with E-state index in [0.717, 1.165) is 54.4 Å². The predicted molar refractivity (Wildman–Crippen MR) is 213 cm³/mol. The molecule has 1 heterocycles. The summed E-state index contributed by atoms with van der Waals surface area (Å²) in [5.41, 5.74) is 2.00. The van der Waals surface area contributed by atoms with Crippen molar-refractivity contribution >= 4 is 30.3 Å². The zero-order chi connectivity index (χ0) is 39.8. The lowest BCUT2D eigenvalue weighted by atomic mass is 9.86. The number of nitrogens with one attached hydrogen (secondary N) is 2. The highest BCUT2D eigenvalue weighted by Gasteiger charge is 2.46. The number of pyridine rings is 1. The van der Waals surface area contributed by atoms with E-state index in [1.807, 2.05) is 68.1 Å². The average Bonchev–Trinajstić information content (AvgIpc) is 3.09. The monoisotopic (exact) mass is 776 g/mol. The molecule has 0 bridgehead atoms. The van der Waals surface area contributed by atoms with Crippen LogP contribution in [-0.4, -0.2) is 57.7 Å². The number of nitriles is 1. The van der Waals surface area contributed by atoms with Crippen molar-refractivity contribution in [1.29, 1.82) is 5.26 Å². The van der Waals surface area contributed by atoms with Gasteiger partial charge < -0.3 is 19.2 Å². The summed E-state index contributed by atoms with van der Waals surface area (Å²) in [6.45, 7) is 16.6. The van der Waals surface area contributed by atoms with E-state index >= 15 is 0 Å². The van der Waals surface area contributed by atoms with Gasteiger partial charge in [0.25, 0.3) is 5.91 Å². The van der Waals surface area contributed by atoms with Crippen LogP contribution < -0.4 is 14.8 Å². The second-order valence-corrected chi connectivity index (χ2v) is 23.0. The maximum Gasteiger partial charge on any atom is 0.407 e. The molecule has 1 fully saturated rings. The number of sulfonamides is 1. The van der Waals surface area contributed by atoms with Gasteiger partial charge in [0.15, 0.2) is 14.1 Å². The van der Waals surface area contributed by atoms with E-state index in [1.54, 1.807) is 30.5 Å². The highest BCUT2D eigenvalue weighted by atomic mass is 32.2. The van der Waals surface area contributed by atoms with Crippen LogP contribution in [0.3, 0.4) is 0 Å². The van der Waals surface area contributed by atoms with Gasteiger partial charge in [0.2, 0.25) is 10.0 Å². The molecule has 292 valence electrons. The number of alkyl carbamates (subject to hydrolysis) is 1. The molecule has 1 saturated carbocycles. The van der Waals surface area contributed by atoms with E-state index < -0.39 is 47.3 Å². The number of nitrogens with zero attached hydrogens (tertiary/aromatic N) is 2. The van der Waals surface area contributed by atoms with Crippen molar-refractivity contribution in [3.63, 3.8) is 0 Å². The van der Waals surface area contributed by atoms with E-state index in [9.17, 15) is 18.0 Å². The van der Waals surface area contributed by atoms with Gasteiger partial charge in [0, 0.05) is 12.4 Å². The first-order valence-electron chi connectivity index (χ1n) is 18.6.